The van der Waals surface area contributed by atoms with Crippen LogP contribution in [0.5, 0.6) is 0 Å². The van der Waals surface area contributed by atoms with Crippen molar-refractivity contribution in [2.75, 3.05) is 24.6 Å². The zero-order valence-electron chi connectivity index (χ0n) is 7.87. The Morgan fingerprint density at radius 2 is 2.29 bits per heavy atom. The first-order valence-electron chi connectivity index (χ1n) is 4.76. The molecule has 2 atom stereocenters. The first kappa shape index (κ1) is 9.43. The Kier molecular flexibility index (Phi) is 2.65. The van der Waals surface area contributed by atoms with Gasteiger partial charge in [-0.25, -0.2) is 4.98 Å². The number of anilines is 1. The van der Waals surface area contributed by atoms with Gasteiger partial charge in [-0.05, 0) is 12.1 Å². The fourth-order valence-electron chi connectivity index (χ4n) is 1.76. The molecule has 1 saturated heterocycles. The van der Waals surface area contributed by atoms with Crippen LogP contribution in [0.15, 0.2) is 24.4 Å². The quantitative estimate of drug-likeness (QED) is 0.688. The summed E-state index contributed by atoms with van der Waals surface area (Å²) < 4.78 is 0. The van der Waals surface area contributed by atoms with Gasteiger partial charge in [-0.3, -0.25) is 0 Å². The molecule has 1 aliphatic rings. The van der Waals surface area contributed by atoms with Crippen molar-refractivity contribution in [3.63, 3.8) is 0 Å². The van der Waals surface area contributed by atoms with E-state index in [1.54, 1.807) is 6.20 Å². The lowest BCUT2D eigenvalue weighted by Gasteiger charge is -2.15. The molecular formula is C10H14N2O2. The second-order valence-corrected chi connectivity index (χ2v) is 3.60. The van der Waals surface area contributed by atoms with Crippen molar-refractivity contribution in [2.24, 2.45) is 5.92 Å². The van der Waals surface area contributed by atoms with Crippen molar-refractivity contribution in [1.29, 1.82) is 0 Å². The maximum atomic E-state index is 9.59. The fraction of sp³-hybridized carbons (Fsp3) is 0.500. The van der Waals surface area contributed by atoms with Crippen LogP contribution in [0.25, 0.3) is 0 Å². The largest absolute Gasteiger partial charge is 0.396 e. The zero-order valence-corrected chi connectivity index (χ0v) is 7.87. The van der Waals surface area contributed by atoms with Crippen molar-refractivity contribution in [3.8, 4) is 0 Å². The Labute approximate surface area is 82.8 Å². The van der Waals surface area contributed by atoms with E-state index in [1.807, 2.05) is 23.1 Å². The molecule has 0 amide bonds. The average Bonchev–Trinajstić information content (AvgIpc) is 2.61. The van der Waals surface area contributed by atoms with E-state index in [9.17, 15) is 5.11 Å². The van der Waals surface area contributed by atoms with E-state index >= 15 is 0 Å². The standard InChI is InChI=1S/C10H14N2O2/c13-7-8-5-12(6-9(8)14)10-3-1-2-4-11-10/h1-4,8-9,13-14H,5-7H2. The lowest BCUT2D eigenvalue weighted by molar-refractivity contribution is 0.104. The predicted octanol–water partition coefficient (Wildman–Crippen LogP) is -0.129. The summed E-state index contributed by atoms with van der Waals surface area (Å²) in [5, 5.41) is 18.6. The van der Waals surface area contributed by atoms with Crippen LogP contribution in [-0.2, 0) is 0 Å². The summed E-state index contributed by atoms with van der Waals surface area (Å²) >= 11 is 0. The van der Waals surface area contributed by atoms with Crippen molar-refractivity contribution >= 4 is 5.82 Å². The minimum absolute atomic E-state index is 0.0322. The van der Waals surface area contributed by atoms with E-state index in [1.165, 1.54) is 0 Å². The monoisotopic (exact) mass is 194 g/mol. The third-order valence-corrected chi connectivity index (χ3v) is 2.61. The molecule has 4 nitrogen and oxygen atoms in total. The average molecular weight is 194 g/mol. The number of aliphatic hydroxyl groups is 2. The maximum Gasteiger partial charge on any atom is 0.128 e. The summed E-state index contributed by atoms with van der Waals surface area (Å²) in [4.78, 5) is 6.19. The lowest BCUT2D eigenvalue weighted by atomic mass is 10.1. The highest BCUT2D eigenvalue weighted by Gasteiger charge is 2.31. The van der Waals surface area contributed by atoms with Gasteiger partial charge in [0, 0.05) is 25.2 Å². The Morgan fingerprint density at radius 3 is 2.86 bits per heavy atom. The molecule has 0 saturated carbocycles. The summed E-state index contributed by atoms with van der Waals surface area (Å²) in [5.41, 5.74) is 0. The van der Waals surface area contributed by atoms with E-state index in [2.05, 4.69) is 4.98 Å². The number of rotatable bonds is 2. The van der Waals surface area contributed by atoms with Crippen molar-refractivity contribution in [1.82, 2.24) is 4.98 Å². The van der Waals surface area contributed by atoms with Gasteiger partial charge in [0.2, 0.25) is 0 Å². The summed E-state index contributed by atoms with van der Waals surface area (Å²) in [6.07, 6.45) is 1.29. The number of β-amino-alcohol motifs (C(OH)–C–C–N with tert-alkyl or cyclic N) is 1. The second kappa shape index (κ2) is 3.94. The van der Waals surface area contributed by atoms with Gasteiger partial charge in [0.25, 0.3) is 0 Å². The van der Waals surface area contributed by atoms with Gasteiger partial charge in [0.1, 0.15) is 5.82 Å². The number of aromatic nitrogens is 1. The molecule has 1 aliphatic heterocycles. The van der Waals surface area contributed by atoms with E-state index in [0.717, 1.165) is 5.82 Å². The molecule has 0 spiro atoms. The molecule has 2 unspecified atom stereocenters. The van der Waals surface area contributed by atoms with Crippen LogP contribution in [0.4, 0.5) is 5.82 Å². The van der Waals surface area contributed by atoms with Crippen molar-refractivity contribution in [2.45, 2.75) is 6.10 Å². The van der Waals surface area contributed by atoms with Gasteiger partial charge < -0.3 is 15.1 Å². The molecule has 76 valence electrons. The molecule has 2 heterocycles. The molecule has 1 aromatic heterocycles. The molecule has 14 heavy (non-hydrogen) atoms. The van der Waals surface area contributed by atoms with Crippen LogP contribution < -0.4 is 4.90 Å². The van der Waals surface area contributed by atoms with E-state index in [4.69, 9.17) is 5.11 Å². The van der Waals surface area contributed by atoms with Gasteiger partial charge in [-0.2, -0.15) is 0 Å². The minimum atomic E-state index is -0.443. The third kappa shape index (κ3) is 1.71. The first-order chi connectivity index (χ1) is 6.81. The highest BCUT2D eigenvalue weighted by atomic mass is 16.3. The third-order valence-electron chi connectivity index (χ3n) is 2.61. The van der Waals surface area contributed by atoms with E-state index in [0.29, 0.717) is 13.1 Å². The molecule has 4 heteroatoms. The number of nitrogens with zero attached hydrogens (tertiary/aromatic N) is 2. The molecule has 2 N–H and O–H groups in total. The minimum Gasteiger partial charge on any atom is -0.396 e. The van der Waals surface area contributed by atoms with E-state index < -0.39 is 6.10 Å². The summed E-state index contributed by atoms with van der Waals surface area (Å²) in [6.45, 7) is 1.27. The Hall–Kier alpha value is -1.13. The zero-order chi connectivity index (χ0) is 9.97. The Bertz CT molecular complexity index is 291. The van der Waals surface area contributed by atoms with E-state index in [-0.39, 0.29) is 12.5 Å². The summed E-state index contributed by atoms with van der Waals surface area (Å²) in [6, 6.07) is 5.69. The number of aliphatic hydroxyl groups excluding tert-OH is 2. The molecule has 1 aromatic rings. The SMILES string of the molecule is OCC1CN(c2ccccn2)CC1O. The summed E-state index contributed by atoms with van der Waals surface area (Å²) in [5.74, 6) is 0.819. The van der Waals surface area contributed by atoms with Gasteiger partial charge >= 0.3 is 0 Å². The topological polar surface area (TPSA) is 56.6 Å². The number of hydrogen-bond donors (Lipinski definition) is 2. The molecule has 1 fully saturated rings. The molecule has 2 rings (SSSR count). The van der Waals surface area contributed by atoms with Crippen LogP contribution in [0.3, 0.4) is 0 Å². The predicted molar refractivity (Wildman–Crippen MR) is 53.0 cm³/mol. The lowest BCUT2D eigenvalue weighted by Crippen LogP contribution is -2.21. The van der Waals surface area contributed by atoms with Crippen LogP contribution in [0.1, 0.15) is 0 Å². The summed E-state index contributed by atoms with van der Waals surface area (Å²) in [7, 11) is 0. The first-order valence-corrected chi connectivity index (χ1v) is 4.76. The maximum absolute atomic E-state index is 9.59. The number of hydrogen-bond acceptors (Lipinski definition) is 4. The van der Waals surface area contributed by atoms with Gasteiger partial charge in [-0.15, -0.1) is 0 Å². The van der Waals surface area contributed by atoms with Crippen LogP contribution in [-0.4, -0.2) is 41.0 Å². The van der Waals surface area contributed by atoms with Gasteiger partial charge in [0.05, 0.1) is 12.7 Å². The highest BCUT2D eigenvalue weighted by Crippen LogP contribution is 2.21. The van der Waals surface area contributed by atoms with Gasteiger partial charge in [-0.1, -0.05) is 6.07 Å². The normalized spacial score (nSPS) is 26.9. The van der Waals surface area contributed by atoms with Gasteiger partial charge in [0.15, 0.2) is 0 Å². The Balaban J connectivity index is 2.09. The van der Waals surface area contributed by atoms with Crippen molar-refractivity contribution < 1.29 is 10.2 Å². The van der Waals surface area contributed by atoms with Crippen LogP contribution in [0.2, 0.25) is 0 Å². The second-order valence-electron chi connectivity index (χ2n) is 3.60. The van der Waals surface area contributed by atoms with Crippen LogP contribution >= 0.6 is 0 Å². The molecular weight excluding hydrogens is 180 g/mol. The smallest absolute Gasteiger partial charge is 0.128 e. The molecule has 0 radical (unpaired) electrons. The fourth-order valence-corrected chi connectivity index (χ4v) is 1.76. The van der Waals surface area contributed by atoms with Crippen LogP contribution in [0, 0.1) is 5.92 Å². The highest BCUT2D eigenvalue weighted by molar-refractivity contribution is 5.39. The molecule has 0 bridgehead atoms. The van der Waals surface area contributed by atoms with Crippen molar-refractivity contribution in [3.05, 3.63) is 24.4 Å². The molecule has 0 aromatic carbocycles. The number of pyridine rings is 1. The molecule has 0 aliphatic carbocycles. The Morgan fingerprint density at radius 1 is 1.43 bits per heavy atom.